The van der Waals surface area contributed by atoms with Crippen LogP contribution in [0.4, 0.5) is 4.39 Å². The van der Waals surface area contributed by atoms with Gasteiger partial charge in [-0.3, -0.25) is 0 Å². The van der Waals surface area contributed by atoms with Crippen LogP contribution in [0.15, 0.2) is 18.2 Å². The third-order valence-electron chi connectivity index (χ3n) is 2.44. The van der Waals surface area contributed by atoms with Crippen molar-refractivity contribution >= 4 is 0 Å². The Morgan fingerprint density at radius 1 is 1.53 bits per heavy atom. The highest BCUT2D eigenvalue weighted by atomic mass is 19.1. The van der Waals surface area contributed by atoms with Crippen molar-refractivity contribution in [3.8, 4) is 5.75 Å². The zero-order valence-corrected chi connectivity index (χ0v) is 8.41. The van der Waals surface area contributed by atoms with Gasteiger partial charge in [0, 0.05) is 18.5 Å². The summed E-state index contributed by atoms with van der Waals surface area (Å²) in [7, 11) is 0. The Kier molecular flexibility index (Phi) is 3.18. The van der Waals surface area contributed by atoms with Gasteiger partial charge in [0.25, 0.3) is 0 Å². The molecule has 0 radical (unpaired) electrons. The lowest BCUT2D eigenvalue weighted by Crippen LogP contribution is -2.18. The van der Waals surface area contributed by atoms with Crippen molar-refractivity contribution < 1.29 is 13.9 Å². The molecule has 82 valence electrons. The van der Waals surface area contributed by atoms with Crippen LogP contribution < -0.4 is 10.5 Å². The minimum Gasteiger partial charge on any atom is -0.485 e. The summed E-state index contributed by atoms with van der Waals surface area (Å²) in [6.45, 7) is 1.48. The Morgan fingerprint density at radius 3 is 3.07 bits per heavy atom. The summed E-state index contributed by atoms with van der Waals surface area (Å²) in [5.74, 6) is -0.0830. The van der Waals surface area contributed by atoms with Crippen LogP contribution in [0.1, 0.15) is 12.0 Å². The van der Waals surface area contributed by atoms with Crippen molar-refractivity contribution in [3.05, 3.63) is 29.6 Å². The topological polar surface area (TPSA) is 44.5 Å². The highest BCUT2D eigenvalue weighted by Crippen LogP contribution is 2.25. The molecule has 3 nitrogen and oxygen atoms in total. The zero-order valence-electron chi connectivity index (χ0n) is 8.41. The van der Waals surface area contributed by atoms with Crippen LogP contribution in [-0.2, 0) is 11.3 Å². The average molecular weight is 211 g/mol. The Morgan fingerprint density at radius 2 is 2.40 bits per heavy atom. The fraction of sp³-hybridized carbons (Fsp3) is 0.455. The van der Waals surface area contributed by atoms with E-state index < -0.39 is 0 Å². The standard InChI is InChI=1S/C11H14FNO2/c12-10-3-1-2-8(6-13)11(10)15-9-4-5-14-7-9/h1-3,9H,4-7,13H2. The van der Waals surface area contributed by atoms with Gasteiger partial charge in [0.1, 0.15) is 6.10 Å². The predicted molar refractivity (Wildman–Crippen MR) is 54.1 cm³/mol. The smallest absolute Gasteiger partial charge is 0.165 e. The summed E-state index contributed by atoms with van der Waals surface area (Å²) < 4.78 is 24.2. The molecule has 1 atom stereocenters. The van der Waals surface area contributed by atoms with Gasteiger partial charge in [-0.2, -0.15) is 0 Å². The largest absolute Gasteiger partial charge is 0.485 e. The molecule has 1 unspecified atom stereocenters. The van der Waals surface area contributed by atoms with Gasteiger partial charge >= 0.3 is 0 Å². The lowest BCUT2D eigenvalue weighted by molar-refractivity contribution is 0.137. The third kappa shape index (κ3) is 2.27. The van der Waals surface area contributed by atoms with E-state index in [1.165, 1.54) is 6.07 Å². The van der Waals surface area contributed by atoms with Crippen LogP contribution in [0, 0.1) is 5.82 Å². The Hall–Kier alpha value is -1.13. The summed E-state index contributed by atoms with van der Waals surface area (Å²) in [6, 6.07) is 4.79. The first-order valence-corrected chi connectivity index (χ1v) is 5.03. The number of benzene rings is 1. The molecule has 0 bridgehead atoms. The second-order valence-electron chi connectivity index (χ2n) is 3.54. The van der Waals surface area contributed by atoms with E-state index >= 15 is 0 Å². The van der Waals surface area contributed by atoms with E-state index in [1.54, 1.807) is 12.1 Å². The molecule has 2 rings (SSSR count). The van der Waals surface area contributed by atoms with Gasteiger partial charge in [0.15, 0.2) is 11.6 Å². The molecule has 1 aliphatic heterocycles. The molecule has 0 aliphatic carbocycles. The summed E-state index contributed by atoms with van der Waals surface area (Å²) in [5, 5.41) is 0. The molecule has 0 saturated carbocycles. The van der Waals surface area contributed by atoms with E-state index in [0.717, 1.165) is 6.42 Å². The van der Waals surface area contributed by atoms with Crippen LogP contribution in [0.5, 0.6) is 5.75 Å². The van der Waals surface area contributed by atoms with Gasteiger partial charge in [-0.25, -0.2) is 4.39 Å². The average Bonchev–Trinajstić information content (AvgIpc) is 2.74. The van der Waals surface area contributed by atoms with Crippen LogP contribution in [0.3, 0.4) is 0 Å². The number of rotatable bonds is 3. The molecule has 1 heterocycles. The summed E-state index contributed by atoms with van der Waals surface area (Å²) in [6.07, 6.45) is 0.755. The molecule has 1 aromatic carbocycles. The number of halogens is 1. The molecular formula is C11H14FNO2. The Labute approximate surface area is 88.0 Å². The number of hydrogen-bond acceptors (Lipinski definition) is 3. The summed E-state index contributed by atoms with van der Waals surface area (Å²) in [5.41, 5.74) is 6.21. The number of hydrogen-bond donors (Lipinski definition) is 1. The Bertz CT molecular complexity index is 337. The molecule has 4 heteroatoms. The number of nitrogens with two attached hydrogens (primary N) is 1. The van der Waals surface area contributed by atoms with E-state index in [0.29, 0.717) is 18.8 Å². The highest BCUT2D eigenvalue weighted by Gasteiger charge is 2.20. The highest BCUT2D eigenvalue weighted by molar-refractivity contribution is 5.35. The van der Waals surface area contributed by atoms with Crippen molar-refractivity contribution in [1.82, 2.24) is 0 Å². The third-order valence-corrected chi connectivity index (χ3v) is 2.44. The summed E-state index contributed by atoms with van der Waals surface area (Å²) >= 11 is 0. The van der Waals surface area contributed by atoms with Crippen molar-refractivity contribution in [2.24, 2.45) is 5.73 Å². The lowest BCUT2D eigenvalue weighted by atomic mass is 10.2. The van der Waals surface area contributed by atoms with E-state index in [9.17, 15) is 4.39 Å². The zero-order chi connectivity index (χ0) is 10.7. The fourth-order valence-corrected chi connectivity index (χ4v) is 1.62. The van der Waals surface area contributed by atoms with Crippen LogP contribution in [0.2, 0.25) is 0 Å². The van der Waals surface area contributed by atoms with Crippen LogP contribution in [0.25, 0.3) is 0 Å². The monoisotopic (exact) mass is 211 g/mol. The molecule has 0 aromatic heterocycles. The summed E-state index contributed by atoms with van der Waals surface area (Å²) in [4.78, 5) is 0. The molecule has 2 N–H and O–H groups in total. The molecule has 1 saturated heterocycles. The number of para-hydroxylation sites is 1. The minimum atomic E-state index is -0.357. The van der Waals surface area contributed by atoms with Crippen molar-refractivity contribution in [3.63, 3.8) is 0 Å². The van der Waals surface area contributed by atoms with Crippen molar-refractivity contribution in [2.75, 3.05) is 13.2 Å². The minimum absolute atomic E-state index is 0.0489. The molecule has 1 aromatic rings. The lowest BCUT2D eigenvalue weighted by Gasteiger charge is -2.15. The molecule has 1 fully saturated rings. The predicted octanol–water partition coefficient (Wildman–Crippen LogP) is 1.45. The Balaban J connectivity index is 2.17. The van der Waals surface area contributed by atoms with Crippen molar-refractivity contribution in [1.29, 1.82) is 0 Å². The van der Waals surface area contributed by atoms with E-state index in [4.69, 9.17) is 15.2 Å². The second kappa shape index (κ2) is 4.59. The maximum atomic E-state index is 13.5. The van der Waals surface area contributed by atoms with Crippen molar-refractivity contribution in [2.45, 2.75) is 19.1 Å². The normalized spacial score (nSPS) is 20.5. The van der Waals surface area contributed by atoms with Gasteiger partial charge in [-0.1, -0.05) is 12.1 Å². The molecule has 0 amide bonds. The van der Waals surface area contributed by atoms with Gasteiger partial charge in [0.05, 0.1) is 13.2 Å². The van der Waals surface area contributed by atoms with E-state index in [2.05, 4.69) is 0 Å². The van der Waals surface area contributed by atoms with Crippen LogP contribution in [-0.4, -0.2) is 19.3 Å². The second-order valence-corrected chi connectivity index (χ2v) is 3.54. The number of ether oxygens (including phenoxy) is 2. The molecule has 1 aliphatic rings. The SMILES string of the molecule is NCc1cccc(F)c1OC1CCOC1. The molecule has 15 heavy (non-hydrogen) atoms. The van der Waals surface area contributed by atoms with E-state index in [-0.39, 0.29) is 24.2 Å². The van der Waals surface area contributed by atoms with E-state index in [1.807, 2.05) is 0 Å². The first-order chi connectivity index (χ1) is 7.31. The molecular weight excluding hydrogens is 197 g/mol. The van der Waals surface area contributed by atoms with Gasteiger partial charge < -0.3 is 15.2 Å². The van der Waals surface area contributed by atoms with Gasteiger partial charge in [0.2, 0.25) is 0 Å². The first-order valence-electron chi connectivity index (χ1n) is 5.03. The fourth-order valence-electron chi connectivity index (χ4n) is 1.62. The molecule has 0 spiro atoms. The maximum absolute atomic E-state index is 13.5. The van der Waals surface area contributed by atoms with Crippen LogP contribution >= 0.6 is 0 Å². The van der Waals surface area contributed by atoms with Gasteiger partial charge in [-0.05, 0) is 6.07 Å². The maximum Gasteiger partial charge on any atom is 0.165 e. The first kappa shape index (κ1) is 10.4. The quantitative estimate of drug-likeness (QED) is 0.823. The van der Waals surface area contributed by atoms with Gasteiger partial charge in [-0.15, -0.1) is 0 Å².